The van der Waals surface area contributed by atoms with Crippen molar-refractivity contribution in [1.82, 2.24) is 39.8 Å². The maximum absolute atomic E-state index is 15.9. The molecule has 4 amide bonds. The molecule has 1 atom stereocenters. The van der Waals surface area contributed by atoms with E-state index < -0.39 is 41.2 Å². The number of likely N-dealkylation sites (tertiary alicyclic amines) is 2. The number of aromatic nitrogens is 4. The maximum atomic E-state index is 15.9. The zero-order chi connectivity index (χ0) is 36.8. The number of hydrogen-bond acceptors (Lipinski definition) is 11. The molecule has 7 heterocycles. The molecule has 0 spiro atoms. The number of piperidine rings is 2. The van der Waals surface area contributed by atoms with Crippen LogP contribution < -0.4 is 16.0 Å². The van der Waals surface area contributed by atoms with Crippen molar-refractivity contribution in [2.75, 3.05) is 56.4 Å². The van der Waals surface area contributed by atoms with Gasteiger partial charge in [0.05, 0.1) is 41.3 Å². The van der Waals surface area contributed by atoms with Crippen LogP contribution in [0.15, 0.2) is 42.7 Å². The van der Waals surface area contributed by atoms with Crippen LogP contribution in [0.25, 0.3) is 22.3 Å². The van der Waals surface area contributed by atoms with Crippen LogP contribution in [-0.2, 0) is 9.59 Å². The first-order chi connectivity index (χ1) is 25.5. The molecule has 4 saturated heterocycles. The van der Waals surface area contributed by atoms with Gasteiger partial charge in [-0.3, -0.25) is 39.2 Å². The summed E-state index contributed by atoms with van der Waals surface area (Å²) in [6.07, 6.45) is 3.24. The Bertz CT molecular complexity index is 2190. The van der Waals surface area contributed by atoms with E-state index in [9.17, 15) is 19.2 Å². The van der Waals surface area contributed by atoms with Crippen LogP contribution in [0.4, 0.5) is 20.3 Å². The molecule has 0 saturated carbocycles. The molecule has 2 aromatic heterocycles. The van der Waals surface area contributed by atoms with Gasteiger partial charge in [0.1, 0.15) is 29.7 Å². The lowest BCUT2D eigenvalue weighted by molar-refractivity contribution is -0.136. The molecule has 0 bridgehead atoms. The molecule has 53 heavy (non-hydrogen) atoms. The van der Waals surface area contributed by atoms with Gasteiger partial charge in [-0.1, -0.05) is 29.8 Å². The van der Waals surface area contributed by atoms with Gasteiger partial charge in [-0.05, 0) is 38.3 Å². The van der Waals surface area contributed by atoms with Crippen LogP contribution in [0, 0.1) is 12.7 Å². The van der Waals surface area contributed by atoms with Crippen LogP contribution in [0.1, 0.15) is 58.0 Å². The summed E-state index contributed by atoms with van der Waals surface area (Å²) in [5.41, 5.74) is 8.27. The second-order valence-corrected chi connectivity index (χ2v) is 15.0. The largest absolute Gasteiger partial charge is 0.383 e. The second kappa shape index (κ2) is 12.4. The van der Waals surface area contributed by atoms with E-state index >= 15 is 8.78 Å². The Hall–Kier alpha value is -5.35. The normalized spacial score (nSPS) is 22.7. The lowest BCUT2D eigenvalue weighted by Gasteiger charge is -2.53. The van der Waals surface area contributed by atoms with E-state index in [-0.39, 0.29) is 55.3 Å². The fourth-order valence-electron chi connectivity index (χ4n) is 8.59. The van der Waals surface area contributed by atoms with Gasteiger partial charge in [-0.2, -0.15) is 5.10 Å². The smallest absolute Gasteiger partial charge is 0.262 e. The Morgan fingerprint density at radius 1 is 0.943 bits per heavy atom. The molecule has 5 aliphatic rings. The number of carbonyl (C=O) groups excluding carboxylic acids is 4. The Morgan fingerprint density at radius 3 is 2.34 bits per heavy atom. The van der Waals surface area contributed by atoms with Crippen molar-refractivity contribution >= 4 is 46.2 Å². The summed E-state index contributed by atoms with van der Waals surface area (Å²) in [7, 11) is 0. The first-order valence-electron chi connectivity index (χ1n) is 18.0. The van der Waals surface area contributed by atoms with Crippen LogP contribution >= 0.6 is 0 Å². The van der Waals surface area contributed by atoms with Gasteiger partial charge >= 0.3 is 0 Å². The zero-order valence-corrected chi connectivity index (χ0v) is 29.1. The molecule has 0 radical (unpaired) electrons. The number of nitrogen functional groups attached to an aromatic ring is 1. The van der Waals surface area contributed by atoms with Crippen molar-refractivity contribution in [3.05, 3.63) is 65.2 Å². The minimum atomic E-state index is -1.55. The van der Waals surface area contributed by atoms with E-state index in [4.69, 9.17) is 10.8 Å². The van der Waals surface area contributed by atoms with E-state index in [1.54, 1.807) is 0 Å². The number of benzene rings is 2. The molecule has 1 unspecified atom stereocenters. The average Bonchev–Trinajstić information content (AvgIpc) is 3.61. The Labute approximate surface area is 302 Å². The third-order valence-electron chi connectivity index (χ3n) is 11.4. The van der Waals surface area contributed by atoms with Gasteiger partial charge in [0.15, 0.2) is 11.3 Å². The number of hydrogen-bond donors (Lipinski definition) is 2. The first-order valence-corrected chi connectivity index (χ1v) is 18.0. The Balaban J connectivity index is 0.794. The average molecular weight is 725 g/mol. The first kappa shape index (κ1) is 33.5. The highest BCUT2D eigenvalue weighted by atomic mass is 19.1. The number of rotatable bonds is 7. The molecule has 274 valence electrons. The number of amides is 4. The number of nitrogens with zero attached hydrogens (tertiary/aromatic N) is 8. The van der Waals surface area contributed by atoms with E-state index in [1.807, 2.05) is 23.7 Å². The van der Waals surface area contributed by atoms with Crippen LogP contribution in [0.5, 0.6) is 0 Å². The van der Waals surface area contributed by atoms with E-state index in [2.05, 4.69) is 37.2 Å². The Kier molecular flexibility index (Phi) is 7.82. The van der Waals surface area contributed by atoms with Crippen molar-refractivity contribution < 1.29 is 28.0 Å². The molecule has 5 aliphatic heterocycles. The summed E-state index contributed by atoms with van der Waals surface area (Å²) in [4.78, 5) is 65.9. The minimum absolute atomic E-state index is 0.00178. The SMILES string of the molecule is Cc1ccc(-c2nn(C3CCN(C4CN(CC5(F)CN(c6cc7c(cc6F)C(=O)N(C6CCC(=O)NC6=O)C7=O)C5)C4)CC3)c3ncnc(N)c23)cc1. The monoisotopic (exact) mass is 724 g/mol. The van der Waals surface area contributed by atoms with Gasteiger partial charge in [0.25, 0.3) is 11.8 Å². The second-order valence-electron chi connectivity index (χ2n) is 15.0. The molecule has 2 aromatic carbocycles. The summed E-state index contributed by atoms with van der Waals surface area (Å²) in [5, 5.41) is 7.92. The lowest BCUT2D eigenvalue weighted by atomic mass is 9.91. The summed E-state index contributed by atoms with van der Waals surface area (Å²) in [6, 6.07) is 9.76. The van der Waals surface area contributed by atoms with Gasteiger partial charge in [0, 0.05) is 50.7 Å². The third-order valence-corrected chi connectivity index (χ3v) is 11.4. The number of nitrogens with one attached hydrogen (secondary N) is 1. The molecule has 16 heteroatoms. The maximum Gasteiger partial charge on any atom is 0.262 e. The van der Waals surface area contributed by atoms with Crippen LogP contribution in [-0.4, -0.2) is 122 Å². The van der Waals surface area contributed by atoms with Gasteiger partial charge in [0.2, 0.25) is 11.8 Å². The molecule has 0 aliphatic carbocycles. The van der Waals surface area contributed by atoms with Crippen molar-refractivity contribution in [3.63, 3.8) is 0 Å². The Morgan fingerprint density at radius 2 is 1.64 bits per heavy atom. The number of anilines is 2. The standard InChI is InChI=1S/C37H38F2N10O4/c1-20-2-4-21(5-3-20)31-30-32(40)41-19-42-33(30)49(44-31)22-8-10-46(11-9-22)23-14-45(15-23)16-37(39)17-47(18-37)28-13-25-24(12-26(28)38)35(52)48(36(25)53)27-6-7-29(50)43-34(27)51/h2-5,12-13,19,22-23,27H,6-11,14-18H2,1H3,(H2,40,41,42)(H,43,50,51). The van der Waals surface area contributed by atoms with Crippen molar-refractivity contribution in [3.8, 4) is 11.3 Å². The van der Waals surface area contributed by atoms with Crippen molar-refractivity contribution in [2.24, 2.45) is 0 Å². The summed E-state index contributed by atoms with van der Waals surface area (Å²) in [6.45, 7) is 5.38. The summed E-state index contributed by atoms with van der Waals surface area (Å²) < 4.78 is 33.2. The predicted octanol–water partition coefficient (Wildman–Crippen LogP) is 2.47. The van der Waals surface area contributed by atoms with Gasteiger partial charge in [-0.25, -0.2) is 23.4 Å². The van der Waals surface area contributed by atoms with Gasteiger partial charge < -0.3 is 10.6 Å². The highest BCUT2D eigenvalue weighted by Crippen LogP contribution is 2.39. The van der Waals surface area contributed by atoms with Gasteiger partial charge in [-0.15, -0.1) is 0 Å². The van der Waals surface area contributed by atoms with E-state index in [0.717, 1.165) is 77.8 Å². The molecule has 3 N–H and O–H groups in total. The lowest BCUT2D eigenvalue weighted by Crippen LogP contribution is -2.69. The molecule has 9 rings (SSSR count). The number of aryl methyl sites for hydroxylation is 1. The number of carbonyl (C=O) groups is 4. The molecular formula is C37H38F2N10O4. The summed E-state index contributed by atoms with van der Waals surface area (Å²) in [5.74, 6) is -3.07. The highest BCUT2D eigenvalue weighted by Gasteiger charge is 2.50. The quantitative estimate of drug-likeness (QED) is 0.270. The van der Waals surface area contributed by atoms with Crippen LogP contribution in [0.2, 0.25) is 0 Å². The number of nitrogens with two attached hydrogens (primary N) is 1. The fraction of sp³-hybridized carbons (Fsp3) is 0.432. The topological polar surface area (TPSA) is 163 Å². The third kappa shape index (κ3) is 5.62. The molecule has 4 aromatic rings. The number of halogens is 2. The van der Waals surface area contributed by atoms with E-state index in [0.29, 0.717) is 11.9 Å². The fourth-order valence-corrected chi connectivity index (χ4v) is 8.59. The molecular weight excluding hydrogens is 686 g/mol. The van der Waals surface area contributed by atoms with Crippen molar-refractivity contribution in [1.29, 1.82) is 0 Å². The zero-order valence-electron chi connectivity index (χ0n) is 29.1. The van der Waals surface area contributed by atoms with E-state index in [1.165, 1.54) is 17.3 Å². The molecule has 4 fully saturated rings. The summed E-state index contributed by atoms with van der Waals surface area (Å²) >= 11 is 0. The number of alkyl halides is 1. The molecule has 14 nitrogen and oxygen atoms in total. The minimum Gasteiger partial charge on any atom is -0.383 e. The van der Waals surface area contributed by atoms with Crippen LogP contribution in [0.3, 0.4) is 0 Å². The number of fused-ring (bicyclic) bond motifs is 2. The number of imide groups is 2. The van der Waals surface area contributed by atoms with Crippen molar-refractivity contribution in [2.45, 2.75) is 56.4 Å². The predicted molar refractivity (Wildman–Crippen MR) is 189 cm³/mol. The highest BCUT2D eigenvalue weighted by molar-refractivity contribution is 6.23.